The Labute approximate surface area is 151 Å². The molecule has 0 saturated carbocycles. The molecule has 1 N–H and O–H groups in total. The number of carbonyl (C=O) groups excluding carboxylic acids is 1. The summed E-state index contributed by atoms with van der Waals surface area (Å²) >= 11 is 0. The van der Waals surface area contributed by atoms with Crippen molar-refractivity contribution in [2.45, 2.75) is 43.6 Å². The van der Waals surface area contributed by atoms with Crippen molar-refractivity contribution in [2.24, 2.45) is 0 Å². The number of alkyl halides is 2. The lowest BCUT2D eigenvalue weighted by atomic mass is 10.0. The van der Waals surface area contributed by atoms with E-state index >= 15 is 0 Å². The van der Waals surface area contributed by atoms with Crippen LogP contribution in [0.4, 0.5) is 8.78 Å². The lowest BCUT2D eigenvalue weighted by Crippen LogP contribution is -2.48. The molecule has 2 heterocycles. The van der Waals surface area contributed by atoms with Gasteiger partial charge in [0.2, 0.25) is 0 Å². The molecule has 3 rings (SSSR count). The summed E-state index contributed by atoms with van der Waals surface area (Å²) in [4.78, 5) is 17.8. The lowest BCUT2D eigenvalue weighted by Gasteiger charge is -2.30. The number of fused-ring (bicyclic) bond motifs is 1. The maximum atomic E-state index is 14.0. The number of hydrogen-bond donors (Lipinski definition) is 1. The third-order valence-electron chi connectivity index (χ3n) is 5.05. The molecule has 0 bridgehead atoms. The number of esters is 1. The zero-order valence-electron chi connectivity index (χ0n) is 14.9. The van der Waals surface area contributed by atoms with Gasteiger partial charge in [0.15, 0.2) is 5.60 Å². The molecule has 0 aromatic heterocycles. The fourth-order valence-corrected chi connectivity index (χ4v) is 3.29. The van der Waals surface area contributed by atoms with Crippen LogP contribution in [0, 0.1) is 0 Å². The van der Waals surface area contributed by atoms with E-state index in [1.165, 1.54) is 12.2 Å². The molecular formula is C18H24F2N2O4. The molecule has 0 spiro atoms. The van der Waals surface area contributed by atoms with E-state index in [1.54, 1.807) is 6.92 Å². The van der Waals surface area contributed by atoms with Gasteiger partial charge < -0.3 is 14.8 Å². The Balaban J connectivity index is 1.56. The predicted octanol–water partition coefficient (Wildman–Crippen LogP) is 1.75. The Kier molecular flexibility index (Phi) is 5.57. The van der Waals surface area contributed by atoms with Gasteiger partial charge in [0.25, 0.3) is 5.92 Å². The van der Waals surface area contributed by atoms with Crippen molar-refractivity contribution in [3.05, 3.63) is 35.9 Å². The fourth-order valence-electron chi connectivity index (χ4n) is 3.29. The molecule has 6 nitrogen and oxygen atoms in total. The van der Waals surface area contributed by atoms with E-state index in [9.17, 15) is 13.6 Å². The van der Waals surface area contributed by atoms with Crippen molar-refractivity contribution < 1.29 is 27.9 Å². The van der Waals surface area contributed by atoms with Crippen LogP contribution in [0.1, 0.15) is 18.9 Å². The van der Waals surface area contributed by atoms with E-state index < -0.39 is 29.6 Å². The SMILES string of the molecule is COC(C)(CCN1OC[C@H]2NCC(F)(F)[C@H]21)C(=O)OCc1ccccc1. The van der Waals surface area contributed by atoms with Crippen LogP contribution in [0.3, 0.4) is 0 Å². The first kappa shape index (κ1) is 19.2. The maximum absolute atomic E-state index is 14.0. The van der Waals surface area contributed by atoms with Crippen molar-refractivity contribution in [2.75, 3.05) is 26.8 Å². The van der Waals surface area contributed by atoms with Crippen molar-refractivity contribution in [3.8, 4) is 0 Å². The Morgan fingerprint density at radius 2 is 2.15 bits per heavy atom. The third-order valence-corrected chi connectivity index (χ3v) is 5.05. The molecule has 1 aromatic carbocycles. The van der Waals surface area contributed by atoms with Crippen molar-refractivity contribution in [1.82, 2.24) is 10.4 Å². The largest absolute Gasteiger partial charge is 0.459 e. The molecule has 26 heavy (non-hydrogen) atoms. The summed E-state index contributed by atoms with van der Waals surface area (Å²) in [5.41, 5.74) is -0.376. The van der Waals surface area contributed by atoms with E-state index in [-0.39, 0.29) is 32.7 Å². The Morgan fingerprint density at radius 3 is 2.85 bits per heavy atom. The highest BCUT2D eigenvalue weighted by molar-refractivity contribution is 5.79. The van der Waals surface area contributed by atoms with Crippen LogP contribution in [0.2, 0.25) is 0 Å². The number of ether oxygens (including phenoxy) is 2. The minimum Gasteiger partial charge on any atom is -0.459 e. The number of hydroxylamine groups is 2. The molecule has 2 aliphatic heterocycles. The molecule has 0 radical (unpaired) electrons. The highest BCUT2D eigenvalue weighted by atomic mass is 19.3. The van der Waals surface area contributed by atoms with Crippen LogP contribution >= 0.6 is 0 Å². The van der Waals surface area contributed by atoms with Gasteiger partial charge in [-0.3, -0.25) is 4.84 Å². The third kappa shape index (κ3) is 3.88. The van der Waals surface area contributed by atoms with Crippen molar-refractivity contribution >= 4 is 5.97 Å². The van der Waals surface area contributed by atoms with Gasteiger partial charge in [0, 0.05) is 20.1 Å². The van der Waals surface area contributed by atoms with E-state index in [4.69, 9.17) is 14.3 Å². The molecule has 2 aliphatic rings. The van der Waals surface area contributed by atoms with Gasteiger partial charge in [0.1, 0.15) is 12.6 Å². The maximum Gasteiger partial charge on any atom is 0.338 e. The smallest absolute Gasteiger partial charge is 0.338 e. The topological polar surface area (TPSA) is 60.0 Å². The minimum atomic E-state index is -2.86. The second kappa shape index (κ2) is 7.56. The summed E-state index contributed by atoms with van der Waals surface area (Å²) in [5, 5.41) is 4.04. The molecule has 3 atom stereocenters. The number of rotatable bonds is 7. The summed E-state index contributed by atoms with van der Waals surface area (Å²) in [6, 6.07) is 7.87. The summed E-state index contributed by atoms with van der Waals surface area (Å²) in [6.07, 6.45) is 0.177. The van der Waals surface area contributed by atoms with Gasteiger partial charge in [-0.1, -0.05) is 30.3 Å². The Hall–Kier alpha value is -1.61. The number of nitrogens with one attached hydrogen (secondary N) is 1. The van der Waals surface area contributed by atoms with E-state index in [0.29, 0.717) is 0 Å². The molecule has 0 aliphatic carbocycles. The summed E-state index contributed by atoms with van der Waals surface area (Å²) in [7, 11) is 1.41. The van der Waals surface area contributed by atoms with Crippen molar-refractivity contribution in [3.63, 3.8) is 0 Å². The monoisotopic (exact) mass is 370 g/mol. The van der Waals surface area contributed by atoms with Gasteiger partial charge in [-0.25, -0.2) is 13.6 Å². The number of carbonyl (C=O) groups is 1. The van der Waals surface area contributed by atoms with Crippen LogP contribution in [0.25, 0.3) is 0 Å². The molecule has 2 saturated heterocycles. The standard InChI is InChI=1S/C18H24F2N2O4/c1-17(24-2,16(23)25-10-13-6-4-3-5-7-13)8-9-22-15-14(11-26-22)21-12-18(15,19)20/h3-7,14-15,21H,8-12H2,1-2H3/t14-,15+,17?/m1/s1. The molecule has 1 aromatic rings. The predicted molar refractivity (Wildman–Crippen MR) is 89.5 cm³/mol. The van der Waals surface area contributed by atoms with Gasteiger partial charge in [-0.2, -0.15) is 5.06 Å². The highest BCUT2D eigenvalue weighted by Crippen LogP contribution is 2.35. The number of methoxy groups -OCH3 is 1. The normalized spacial score (nSPS) is 27.1. The zero-order valence-corrected chi connectivity index (χ0v) is 14.9. The van der Waals surface area contributed by atoms with Crippen LogP contribution in [0.15, 0.2) is 30.3 Å². The number of benzene rings is 1. The van der Waals surface area contributed by atoms with Gasteiger partial charge in [-0.15, -0.1) is 0 Å². The zero-order chi connectivity index (χ0) is 18.8. The van der Waals surface area contributed by atoms with Crippen LogP contribution in [-0.4, -0.2) is 61.4 Å². The highest BCUT2D eigenvalue weighted by Gasteiger charge is 2.57. The van der Waals surface area contributed by atoms with Crippen LogP contribution < -0.4 is 5.32 Å². The average Bonchev–Trinajstić information content (AvgIpc) is 3.19. The minimum absolute atomic E-state index is 0.130. The Bertz CT molecular complexity index is 631. The van der Waals surface area contributed by atoms with Crippen LogP contribution in [-0.2, 0) is 25.7 Å². The molecule has 8 heteroatoms. The molecule has 0 amide bonds. The summed E-state index contributed by atoms with van der Waals surface area (Å²) in [5.74, 6) is -3.39. The first-order valence-electron chi connectivity index (χ1n) is 8.63. The fraction of sp³-hybridized carbons (Fsp3) is 0.611. The Morgan fingerprint density at radius 1 is 1.42 bits per heavy atom. The van der Waals surface area contributed by atoms with Gasteiger partial charge in [0.05, 0.1) is 19.2 Å². The summed E-state index contributed by atoms with van der Waals surface area (Å²) in [6.45, 7) is 1.71. The molecule has 144 valence electrons. The van der Waals surface area contributed by atoms with E-state index in [1.807, 2.05) is 30.3 Å². The summed E-state index contributed by atoms with van der Waals surface area (Å²) < 4.78 is 38.7. The van der Waals surface area contributed by atoms with Gasteiger partial charge in [-0.05, 0) is 12.5 Å². The van der Waals surface area contributed by atoms with Crippen molar-refractivity contribution in [1.29, 1.82) is 0 Å². The molecule has 1 unspecified atom stereocenters. The van der Waals surface area contributed by atoms with Gasteiger partial charge >= 0.3 is 5.97 Å². The molecular weight excluding hydrogens is 346 g/mol. The first-order valence-corrected chi connectivity index (χ1v) is 8.63. The van der Waals surface area contributed by atoms with E-state index in [0.717, 1.165) is 5.56 Å². The lowest BCUT2D eigenvalue weighted by molar-refractivity contribution is -0.192. The second-order valence-electron chi connectivity index (χ2n) is 6.88. The number of hydrogen-bond acceptors (Lipinski definition) is 6. The first-order chi connectivity index (χ1) is 12.4. The number of halogens is 2. The van der Waals surface area contributed by atoms with Crippen LogP contribution in [0.5, 0.6) is 0 Å². The molecule has 2 fully saturated rings. The second-order valence-corrected chi connectivity index (χ2v) is 6.88. The van der Waals surface area contributed by atoms with E-state index in [2.05, 4.69) is 5.32 Å². The quantitative estimate of drug-likeness (QED) is 0.738. The average molecular weight is 370 g/mol. The number of nitrogens with zero attached hydrogens (tertiary/aromatic N) is 1.